The zero-order valence-corrected chi connectivity index (χ0v) is 17.9. The SMILES string of the molecule is C=C(C)N(CC)c1cc(-n2c(-c3cccc(CC)c3)n[nH]c2=S)ccc1CC. The van der Waals surface area contributed by atoms with Gasteiger partial charge in [0.25, 0.3) is 0 Å². The molecule has 0 radical (unpaired) electrons. The summed E-state index contributed by atoms with van der Waals surface area (Å²) in [6, 6.07) is 14.9. The van der Waals surface area contributed by atoms with Gasteiger partial charge in [-0.1, -0.05) is 44.7 Å². The minimum Gasteiger partial charge on any atom is -0.346 e. The van der Waals surface area contributed by atoms with Crippen molar-refractivity contribution in [2.24, 2.45) is 0 Å². The summed E-state index contributed by atoms with van der Waals surface area (Å²) in [6.07, 6.45) is 1.94. The fourth-order valence-corrected chi connectivity index (χ4v) is 3.79. The molecule has 1 heterocycles. The Morgan fingerprint density at radius 1 is 1.14 bits per heavy atom. The van der Waals surface area contributed by atoms with E-state index >= 15 is 0 Å². The number of aryl methyl sites for hydroxylation is 2. The highest BCUT2D eigenvalue weighted by Crippen LogP contribution is 2.30. The van der Waals surface area contributed by atoms with Gasteiger partial charge in [-0.15, -0.1) is 0 Å². The summed E-state index contributed by atoms with van der Waals surface area (Å²) in [5.74, 6) is 0.828. The molecule has 0 spiro atoms. The Morgan fingerprint density at radius 2 is 1.93 bits per heavy atom. The third kappa shape index (κ3) is 3.80. The third-order valence-electron chi connectivity index (χ3n) is 5.04. The number of hydrogen-bond donors (Lipinski definition) is 1. The Bertz CT molecular complexity index is 1040. The van der Waals surface area contributed by atoms with Gasteiger partial charge in [0.2, 0.25) is 0 Å². The van der Waals surface area contributed by atoms with Crippen molar-refractivity contribution in [2.75, 3.05) is 11.4 Å². The van der Waals surface area contributed by atoms with E-state index in [4.69, 9.17) is 12.2 Å². The van der Waals surface area contributed by atoms with Crippen LogP contribution in [0.3, 0.4) is 0 Å². The third-order valence-corrected chi connectivity index (χ3v) is 5.32. The number of hydrogen-bond acceptors (Lipinski definition) is 3. The number of benzene rings is 2. The van der Waals surface area contributed by atoms with E-state index in [0.29, 0.717) is 4.77 Å². The average Bonchev–Trinajstić information content (AvgIpc) is 3.09. The van der Waals surface area contributed by atoms with E-state index in [9.17, 15) is 0 Å². The molecule has 0 saturated heterocycles. The van der Waals surface area contributed by atoms with Crippen molar-refractivity contribution in [1.29, 1.82) is 0 Å². The van der Waals surface area contributed by atoms with Crippen LogP contribution >= 0.6 is 12.2 Å². The molecule has 146 valence electrons. The smallest absolute Gasteiger partial charge is 0.200 e. The van der Waals surface area contributed by atoms with Crippen molar-refractivity contribution in [3.05, 3.63) is 70.6 Å². The molecule has 0 atom stereocenters. The Kier molecular flexibility index (Phi) is 6.15. The molecule has 0 fully saturated rings. The monoisotopic (exact) mass is 392 g/mol. The molecule has 4 nitrogen and oxygen atoms in total. The summed E-state index contributed by atoms with van der Waals surface area (Å²) < 4.78 is 2.60. The van der Waals surface area contributed by atoms with Crippen molar-refractivity contribution in [3.8, 4) is 17.1 Å². The topological polar surface area (TPSA) is 36.9 Å². The summed E-state index contributed by atoms with van der Waals surface area (Å²) in [6.45, 7) is 13.5. The van der Waals surface area contributed by atoms with Crippen molar-refractivity contribution >= 4 is 17.9 Å². The number of aromatic nitrogens is 3. The van der Waals surface area contributed by atoms with E-state index in [1.54, 1.807) is 0 Å². The Balaban J connectivity index is 2.18. The number of anilines is 1. The first-order chi connectivity index (χ1) is 13.5. The van der Waals surface area contributed by atoms with E-state index in [2.05, 4.69) is 84.9 Å². The highest BCUT2D eigenvalue weighted by Gasteiger charge is 2.15. The van der Waals surface area contributed by atoms with E-state index in [1.165, 1.54) is 16.8 Å². The van der Waals surface area contributed by atoms with Crippen LogP contribution < -0.4 is 4.90 Å². The largest absolute Gasteiger partial charge is 0.346 e. The van der Waals surface area contributed by atoms with Crippen molar-refractivity contribution < 1.29 is 0 Å². The highest BCUT2D eigenvalue weighted by atomic mass is 32.1. The van der Waals surface area contributed by atoms with Crippen LogP contribution in [-0.2, 0) is 12.8 Å². The lowest BCUT2D eigenvalue weighted by Gasteiger charge is -2.26. The van der Waals surface area contributed by atoms with Crippen LogP contribution in [-0.4, -0.2) is 21.3 Å². The van der Waals surface area contributed by atoms with Gasteiger partial charge in [0.1, 0.15) is 0 Å². The molecule has 0 saturated carbocycles. The maximum Gasteiger partial charge on any atom is 0.200 e. The van der Waals surface area contributed by atoms with E-state index in [-0.39, 0.29) is 0 Å². The van der Waals surface area contributed by atoms with E-state index in [1.807, 2.05) is 11.5 Å². The molecule has 0 aliphatic carbocycles. The second-order valence-corrected chi connectivity index (χ2v) is 7.27. The molecule has 0 aliphatic rings. The molecular weight excluding hydrogens is 364 g/mol. The zero-order valence-electron chi connectivity index (χ0n) is 17.1. The minimum absolute atomic E-state index is 0.588. The maximum absolute atomic E-state index is 5.58. The van der Waals surface area contributed by atoms with Gasteiger partial charge < -0.3 is 4.90 Å². The Morgan fingerprint density at radius 3 is 2.57 bits per heavy atom. The van der Waals surface area contributed by atoms with Crippen LogP contribution in [0.4, 0.5) is 5.69 Å². The van der Waals surface area contributed by atoms with Gasteiger partial charge >= 0.3 is 0 Å². The number of rotatable bonds is 7. The van der Waals surface area contributed by atoms with Gasteiger partial charge in [-0.25, -0.2) is 0 Å². The Labute approximate surface area is 172 Å². The molecule has 0 bridgehead atoms. The lowest BCUT2D eigenvalue weighted by molar-refractivity contribution is 0.934. The number of H-pyrrole nitrogens is 1. The van der Waals surface area contributed by atoms with Crippen LogP contribution in [0.15, 0.2) is 54.7 Å². The first-order valence-electron chi connectivity index (χ1n) is 9.83. The molecule has 0 amide bonds. The molecule has 2 aromatic carbocycles. The van der Waals surface area contributed by atoms with Gasteiger partial charge in [-0.05, 0) is 68.2 Å². The van der Waals surface area contributed by atoms with Crippen molar-refractivity contribution in [1.82, 2.24) is 14.8 Å². The first kappa shape index (κ1) is 20.1. The molecular formula is C23H28N4S. The lowest BCUT2D eigenvalue weighted by atomic mass is 10.1. The van der Waals surface area contributed by atoms with Crippen LogP contribution in [0.2, 0.25) is 0 Å². The highest BCUT2D eigenvalue weighted by molar-refractivity contribution is 7.71. The van der Waals surface area contributed by atoms with Crippen LogP contribution in [0.5, 0.6) is 0 Å². The predicted molar refractivity (Wildman–Crippen MR) is 121 cm³/mol. The fraction of sp³-hybridized carbons (Fsp3) is 0.304. The summed E-state index contributed by atoms with van der Waals surface area (Å²) >= 11 is 5.58. The van der Waals surface area contributed by atoms with Gasteiger partial charge in [0, 0.05) is 23.5 Å². The number of allylic oxidation sites excluding steroid dienone is 1. The lowest BCUT2D eigenvalue weighted by Crippen LogP contribution is -2.21. The predicted octanol–water partition coefficient (Wildman–Crippen LogP) is 6.08. The summed E-state index contributed by atoms with van der Waals surface area (Å²) in [5.41, 5.74) is 6.83. The van der Waals surface area contributed by atoms with Gasteiger partial charge in [0.05, 0.1) is 5.69 Å². The zero-order chi connectivity index (χ0) is 20.3. The molecule has 1 aromatic heterocycles. The van der Waals surface area contributed by atoms with Crippen LogP contribution in [0.1, 0.15) is 38.8 Å². The Hall–Kier alpha value is -2.66. The van der Waals surface area contributed by atoms with E-state index < -0.39 is 0 Å². The fourth-order valence-electron chi connectivity index (χ4n) is 3.55. The standard InChI is InChI=1S/C23H28N4S/c1-6-17-10-9-11-19(14-17)22-24-25-23(28)27(22)20-13-12-18(7-2)21(15-20)26(8-3)16(4)5/h9-15H,4,6-8H2,1-3,5H3,(H,25,28). The van der Waals surface area contributed by atoms with Gasteiger partial charge in [-0.3, -0.25) is 9.67 Å². The molecule has 3 aromatic rings. The minimum atomic E-state index is 0.588. The van der Waals surface area contributed by atoms with Crippen molar-refractivity contribution in [3.63, 3.8) is 0 Å². The number of nitrogens with one attached hydrogen (secondary N) is 1. The molecule has 3 rings (SSSR count). The van der Waals surface area contributed by atoms with E-state index in [0.717, 1.165) is 42.2 Å². The number of nitrogens with zero attached hydrogens (tertiary/aromatic N) is 3. The van der Waals surface area contributed by atoms with Crippen LogP contribution in [0, 0.1) is 4.77 Å². The van der Waals surface area contributed by atoms with Crippen LogP contribution in [0.25, 0.3) is 17.1 Å². The molecule has 28 heavy (non-hydrogen) atoms. The number of aromatic amines is 1. The maximum atomic E-state index is 5.58. The first-order valence-corrected chi connectivity index (χ1v) is 10.2. The summed E-state index contributed by atoms with van der Waals surface area (Å²) in [4.78, 5) is 2.24. The normalized spacial score (nSPS) is 10.9. The summed E-state index contributed by atoms with van der Waals surface area (Å²) in [5, 5.41) is 7.50. The summed E-state index contributed by atoms with van der Waals surface area (Å²) in [7, 11) is 0. The molecule has 1 N–H and O–H groups in total. The van der Waals surface area contributed by atoms with Gasteiger partial charge in [-0.2, -0.15) is 5.10 Å². The van der Waals surface area contributed by atoms with Crippen molar-refractivity contribution in [2.45, 2.75) is 40.5 Å². The quantitative estimate of drug-likeness (QED) is 0.495. The second-order valence-electron chi connectivity index (χ2n) is 6.89. The second kappa shape index (κ2) is 8.57. The molecule has 5 heteroatoms. The molecule has 0 aliphatic heterocycles. The average molecular weight is 393 g/mol. The molecule has 0 unspecified atom stereocenters. The van der Waals surface area contributed by atoms with Gasteiger partial charge in [0.15, 0.2) is 10.6 Å².